The van der Waals surface area contributed by atoms with E-state index in [0.717, 1.165) is 25.8 Å². The van der Waals surface area contributed by atoms with E-state index in [2.05, 4.69) is 12.2 Å². The van der Waals surface area contributed by atoms with Gasteiger partial charge in [-0.3, -0.25) is 4.79 Å². The summed E-state index contributed by atoms with van der Waals surface area (Å²) < 4.78 is 0. The zero-order valence-electron chi connectivity index (χ0n) is 7.55. The quantitative estimate of drug-likeness (QED) is 0.499. The molecule has 1 saturated heterocycles. The lowest BCUT2D eigenvalue weighted by molar-refractivity contribution is -0.133. The summed E-state index contributed by atoms with van der Waals surface area (Å²) in [5.41, 5.74) is -0.0903. The molecule has 0 aromatic carbocycles. The van der Waals surface area contributed by atoms with Crippen molar-refractivity contribution in [1.82, 2.24) is 4.90 Å². The number of nitrogens with zero attached hydrogens (tertiary/aromatic N) is 1. The van der Waals surface area contributed by atoms with Gasteiger partial charge in [0.1, 0.15) is 0 Å². The smallest absolute Gasteiger partial charge is 0.232 e. The number of hydrogen-bond acceptors (Lipinski definition) is 1. The second-order valence-corrected chi connectivity index (χ2v) is 3.93. The highest BCUT2D eigenvalue weighted by atomic mass is 16.2. The summed E-state index contributed by atoms with van der Waals surface area (Å²) in [5.74, 6) is 0.332. The number of hydrogen-bond donors (Lipinski definition) is 0. The van der Waals surface area contributed by atoms with Crippen molar-refractivity contribution >= 4 is 5.91 Å². The maximum absolute atomic E-state index is 11.8. The minimum absolute atomic E-state index is 0.0903. The van der Waals surface area contributed by atoms with Crippen molar-refractivity contribution in [1.29, 1.82) is 0 Å². The van der Waals surface area contributed by atoms with E-state index < -0.39 is 0 Å². The maximum Gasteiger partial charge on any atom is 0.232 e. The Morgan fingerprint density at radius 2 is 2.33 bits per heavy atom. The highest BCUT2D eigenvalue weighted by Gasteiger charge is 2.43. The normalized spacial score (nSPS) is 35.1. The summed E-state index contributed by atoms with van der Waals surface area (Å²) in [6, 6.07) is 0. The average molecular weight is 165 g/mol. The SMILES string of the molecule is CN1CCC2(C=CCCC2)C1=O. The molecule has 1 unspecified atom stereocenters. The first-order valence-electron chi connectivity index (χ1n) is 4.68. The van der Waals surface area contributed by atoms with Crippen LogP contribution in [0.4, 0.5) is 0 Å². The van der Waals surface area contributed by atoms with E-state index in [9.17, 15) is 4.79 Å². The molecular formula is C10H15NO. The van der Waals surface area contributed by atoms with Gasteiger partial charge in [-0.25, -0.2) is 0 Å². The molecule has 2 heteroatoms. The van der Waals surface area contributed by atoms with E-state index in [4.69, 9.17) is 0 Å². The molecule has 0 aromatic heterocycles. The van der Waals surface area contributed by atoms with Crippen molar-refractivity contribution in [3.8, 4) is 0 Å². The molecular weight excluding hydrogens is 150 g/mol. The van der Waals surface area contributed by atoms with Gasteiger partial charge in [0.15, 0.2) is 0 Å². The van der Waals surface area contributed by atoms with Crippen LogP contribution >= 0.6 is 0 Å². The van der Waals surface area contributed by atoms with Crippen LogP contribution in [0.5, 0.6) is 0 Å². The summed E-state index contributed by atoms with van der Waals surface area (Å²) >= 11 is 0. The highest BCUT2D eigenvalue weighted by Crippen LogP contribution is 2.40. The number of carbonyl (C=O) groups excluding carboxylic acids is 1. The van der Waals surface area contributed by atoms with Gasteiger partial charge in [0.2, 0.25) is 5.91 Å². The summed E-state index contributed by atoms with van der Waals surface area (Å²) in [5, 5.41) is 0. The lowest BCUT2D eigenvalue weighted by Gasteiger charge is -2.25. The number of likely N-dealkylation sites (tertiary alicyclic amines) is 1. The van der Waals surface area contributed by atoms with Crippen LogP contribution in [0.15, 0.2) is 12.2 Å². The van der Waals surface area contributed by atoms with Gasteiger partial charge in [-0.15, -0.1) is 0 Å². The Hall–Kier alpha value is -0.790. The Morgan fingerprint density at radius 3 is 2.83 bits per heavy atom. The minimum atomic E-state index is -0.0903. The molecule has 0 radical (unpaired) electrons. The van der Waals surface area contributed by atoms with Crippen molar-refractivity contribution in [3.05, 3.63) is 12.2 Å². The highest BCUT2D eigenvalue weighted by molar-refractivity contribution is 5.86. The number of allylic oxidation sites excluding steroid dienone is 1. The molecule has 1 spiro atoms. The van der Waals surface area contributed by atoms with Crippen molar-refractivity contribution in [3.63, 3.8) is 0 Å². The third-order valence-corrected chi connectivity index (χ3v) is 3.10. The van der Waals surface area contributed by atoms with Gasteiger partial charge < -0.3 is 4.90 Å². The van der Waals surface area contributed by atoms with Crippen molar-refractivity contribution in [2.75, 3.05) is 13.6 Å². The molecule has 2 rings (SSSR count). The Morgan fingerprint density at radius 1 is 1.50 bits per heavy atom. The standard InChI is InChI=1S/C10H15NO/c1-11-8-7-10(9(11)12)5-3-2-4-6-10/h3,5H,2,4,6-8H2,1H3. The fourth-order valence-electron chi connectivity index (χ4n) is 2.27. The topological polar surface area (TPSA) is 20.3 Å². The van der Waals surface area contributed by atoms with Crippen LogP contribution in [-0.2, 0) is 4.79 Å². The van der Waals surface area contributed by atoms with Gasteiger partial charge in [0.25, 0.3) is 0 Å². The maximum atomic E-state index is 11.8. The molecule has 0 aromatic rings. The lowest BCUT2D eigenvalue weighted by Crippen LogP contribution is -2.31. The van der Waals surface area contributed by atoms with Crippen LogP contribution in [0.2, 0.25) is 0 Å². The fraction of sp³-hybridized carbons (Fsp3) is 0.700. The van der Waals surface area contributed by atoms with Gasteiger partial charge in [-0.2, -0.15) is 0 Å². The van der Waals surface area contributed by atoms with Gasteiger partial charge >= 0.3 is 0 Å². The Kier molecular flexibility index (Phi) is 1.71. The van der Waals surface area contributed by atoms with E-state index in [1.807, 2.05) is 11.9 Å². The summed E-state index contributed by atoms with van der Waals surface area (Å²) in [6.45, 7) is 0.934. The first kappa shape index (κ1) is 7.84. The molecule has 66 valence electrons. The van der Waals surface area contributed by atoms with Gasteiger partial charge in [-0.05, 0) is 25.7 Å². The molecule has 1 amide bonds. The third kappa shape index (κ3) is 0.977. The number of carbonyl (C=O) groups is 1. The molecule has 0 saturated carbocycles. The zero-order chi connectivity index (χ0) is 8.60. The number of amides is 1. The van der Waals surface area contributed by atoms with Gasteiger partial charge in [0.05, 0.1) is 5.41 Å². The third-order valence-electron chi connectivity index (χ3n) is 3.10. The van der Waals surface area contributed by atoms with Crippen molar-refractivity contribution < 1.29 is 4.79 Å². The first-order chi connectivity index (χ1) is 5.75. The summed E-state index contributed by atoms with van der Waals surface area (Å²) in [4.78, 5) is 13.6. The van der Waals surface area contributed by atoms with Gasteiger partial charge in [0, 0.05) is 13.6 Å². The summed E-state index contributed by atoms with van der Waals surface area (Å²) in [7, 11) is 1.90. The Balaban J connectivity index is 2.26. The predicted octanol–water partition coefficient (Wildman–Crippen LogP) is 1.57. The monoisotopic (exact) mass is 165 g/mol. The molecule has 1 heterocycles. The molecule has 2 aliphatic rings. The van der Waals surface area contributed by atoms with E-state index in [1.165, 1.54) is 6.42 Å². The van der Waals surface area contributed by atoms with E-state index >= 15 is 0 Å². The van der Waals surface area contributed by atoms with Crippen LogP contribution < -0.4 is 0 Å². The van der Waals surface area contributed by atoms with E-state index in [1.54, 1.807) is 0 Å². The van der Waals surface area contributed by atoms with Crippen LogP contribution in [0.3, 0.4) is 0 Å². The van der Waals surface area contributed by atoms with Gasteiger partial charge in [-0.1, -0.05) is 12.2 Å². The van der Waals surface area contributed by atoms with E-state index in [0.29, 0.717) is 5.91 Å². The Bertz CT molecular complexity index is 234. The minimum Gasteiger partial charge on any atom is -0.345 e. The number of rotatable bonds is 0. The largest absolute Gasteiger partial charge is 0.345 e. The van der Waals surface area contributed by atoms with Crippen LogP contribution in [0, 0.1) is 5.41 Å². The van der Waals surface area contributed by atoms with E-state index in [-0.39, 0.29) is 5.41 Å². The molecule has 1 aliphatic carbocycles. The van der Waals surface area contributed by atoms with Crippen LogP contribution in [0.25, 0.3) is 0 Å². The summed E-state index contributed by atoms with van der Waals surface area (Å²) in [6.07, 6.45) is 8.73. The lowest BCUT2D eigenvalue weighted by atomic mass is 9.78. The Labute approximate surface area is 73.2 Å². The second-order valence-electron chi connectivity index (χ2n) is 3.93. The van der Waals surface area contributed by atoms with Crippen molar-refractivity contribution in [2.45, 2.75) is 25.7 Å². The predicted molar refractivity (Wildman–Crippen MR) is 47.7 cm³/mol. The van der Waals surface area contributed by atoms with Crippen LogP contribution in [-0.4, -0.2) is 24.4 Å². The first-order valence-corrected chi connectivity index (χ1v) is 4.68. The molecule has 1 atom stereocenters. The molecule has 0 N–H and O–H groups in total. The zero-order valence-corrected chi connectivity index (χ0v) is 7.55. The molecule has 0 bridgehead atoms. The second kappa shape index (κ2) is 2.61. The molecule has 1 fully saturated rings. The fourth-order valence-corrected chi connectivity index (χ4v) is 2.27. The van der Waals surface area contributed by atoms with Crippen LogP contribution in [0.1, 0.15) is 25.7 Å². The average Bonchev–Trinajstić information content (AvgIpc) is 2.37. The van der Waals surface area contributed by atoms with Crippen molar-refractivity contribution in [2.24, 2.45) is 5.41 Å². The molecule has 2 nitrogen and oxygen atoms in total. The molecule has 12 heavy (non-hydrogen) atoms. The molecule has 1 aliphatic heterocycles.